The second kappa shape index (κ2) is 11.0. The lowest BCUT2D eigenvalue weighted by atomic mass is 9.98. The first kappa shape index (κ1) is 26.5. The molecule has 8 heteroatoms. The van der Waals surface area contributed by atoms with E-state index in [1.807, 2.05) is 30.3 Å². The van der Waals surface area contributed by atoms with Gasteiger partial charge >= 0.3 is 5.97 Å². The molecular formula is C30H31NO5S2. The highest BCUT2D eigenvalue weighted by molar-refractivity contribution is 7.85. The Hall–Kier alpha value is -3.07. The highest BCUT2D eigenvalue weighted by Gasteiger charge is 2.29. The van der Waals surface area contributed by atoms with Crippen molar-refractivity contribution in [2.24, 2.45) is 5.92 Å². The molecule has 5 rings (SSSR count). The summed E-state index contributed by atoms with van der Waals surface area (Å²) in [6, 6.07) is 22.6. The lowest BCUT2D eigenvalue weighted by Crippen LogP contribution is -2.21. The number of carbonyl (C=O) groups is 1. The number of nitrogens with zero attached hydrogens (tertiary/aromatic N) is 1. The van der Waals surface area contributed by atoms with Gasteiger partial charge in [0.1, 0.15) is 6.61 Å². The number of hydrogen-bond acceptors (Lipinski definition) is 7. The van der Waals surface area contributed by atoms with Crippen molar-refractivity contribution in [3.8, 4) is 11.1 Å². The van der Waals surface area contributed by atoms with Gasteiger partial charge in [0.05, 0.1) is 34.5 Å². The number of fused-ring (bicyclic) bond motifs is 4. The van der Waals surface area contributed by atoms with Crippen LogP contribution in [0.3, 0.4) is 0 Å². The van der Waals surface area contributed by atoms with Crippen molar-refractivity contribution in [1.29, 1.82) is 0 Å². The minimum Gasteiger partial charge on any atom is -0.465 e. The van der Waals surface area contributed by atoms with Crippen LogP contribution >= 0.6 is 11.3 Å². The van der Waals surface area contributed by atoms with Crippen LogP contribution in [0.25, 0.3) is 21.3 Å². The summed E-state index contributed by atoms with van der Waals surface area (Å²) in [6.07, 6.45) is 1.48. The van der Waals surface area contributed by atoms with Crippen LogP contribution in [0.5, 0.6) is 0 Å². The van der Waals surface area contributed by atoms with Gasteiger partial charge in [-0.2, -0.15) is 8.42 Å². The molecule has 1 aliphatic carbocycles. The van der Waals surface area contributed by atoms with Crippen molar-refractivity contribution in [3.63, 3.8) is 0 Å². The van der Waals surface area contributed by atoms with E-state index in [-0.39, 0.29) is 37.4 Å². The SMILES string of the molecule is CC(C)c1ccc2nc(C[C@@H](COS(C)(=O)=O)CC(=O)OCC3c4ccccc4-c4ccccc43)sc2c1. The Morgan fingerprint density at radius 2 is 1.66 bits per heavy atom. The Morgan fingerprint density at radius 1 is 1.00 bits per heavy atom. The molecule has 0 saturated carbocycles. The fourth-order valence-electron chi connectivity index (χ4n) is 5.00. The minimum atomic E-state index is -3.65. The molecular weight excluding hydrogens is 518 g/mol. The van der Waals surface area contributed by atoms with E-state index in [2.05, 4.69) is 50.2 Å². The number of aromatic nitrogens is 1. The molecule has 0 unspecified atom stereocenters. The summed E-state index contributed by atoms with van der Waals surface area (Å²) in [4.78, 5) is 17.7. The van der Waals surface area contributed by atoms with Gasteiger partial charge in [-0.3, -0.25) is 8.98 Å². The van der Waals surface area contributed by atoms with Gasteiger partial charge < -0.3 is 4.74 Å². The largest absolute Gasteiger partial charge is 0.465 e. The quantitative estimate of drug-likeness (QED) is 0.171. The highest BCUT2D eigenvalue weighted by Crippen LogP contribution is 2.44. The van der Waals surface area contributed by atoms with Gasteiger partial charge in [-0.05, 0) is 45.9 Å². The maximum absolute atomic E-state index is 13.0. The molecule has 0 radical (unpaired) electrons. The molecule has 38 heavy (non-hydrogen) atoms. The van der Waals surface area contributed by atoms with E-state index < -0.39 is 10.1 Å². The molecule has 0 bridgehead atoms. The van der Waals surface area contributed by atoms with E-state index in [9.17, 15) is 13.2 Å². The van der Waals surface area contributed by atoms with Crippen LogP contribution in [0.2, 0.25) is 0 Å². The molecule has 0 saturated heterocycles. The first-order chi connectivity index (χ1) is 18.2. The minimum absolute atomic E-state index is 0.0310. The fourth-order valence-corrected chi connectivity index (χ4v) is 6.57. The molecule has 0 spiro atoms. The summed E-state index contributed by atoms with van der Waals surface area (Å²) < 4.78 is 35.4. The van der Waals surface area contributed by atoms with Crippen molar-refractivity contribution >= 4 is 37.6 Å². The lowest BCUT2D eigenvalue weighted by molar-refractivity contribution is -0.145. The monoisotopic (exact) mass is 549 g/mol. The van der Waals surface area contributed by atoms with Crippen LogP contribution < -0.4 is 0 Å². The standard InChI is InChI=1S/C30H31NO5S2/c1-19(2)21-12-13-27-28(16-21)37-29(31-27)14-20(17-36-38(3,33)34)15-30(32)35-18-26-24-10-6-4-8-22(24)23-9-5-7-11-25(23)26/h4-13,16,19-20,26H,14-15,17-18H2,1-3H3/t20-/m1/s1. The maximum Gasteiger partial charge on any atom is 0.306 e. The van der Waals surface area contributed by atoms with Gasteiger partial charge in [0, 0.05) is 18.3 Å². The van der Waals surface area contributed by atoms with Crippen molar-refractivity contribution in [2.75, 3.05) is 19.5 Å². The first-order valence-electron chi connectivity index (χ1n) is 12.8. The Bertz CT molecular complexity index is 1530. The van der Waals surface area contributed by atoms with Gasteiger partial charge in [-0.25, -0.2) is 4.98 Å². The van der Waals surface area contributed by atoms with Crippen molar-refractivity contribution in [3.05, 3.63) is 88.4 Å². The van der Waals surface area contributed by atoms with Gasteiger partial charge in [0.2, 0.25) is 0 Å². The molecule has 198 valence electrons. The normalized spacial score (nSPS) is 14.0. The molecule has 3 aromatic carbocycles. The third-order valence-electron chi connectivity index (χ3n) is 6.93. The van der Waals surface area contributed by atoms with Gasteiger partial charge in [-0.1, -0.05) is 68.4 Å². The van der Waals surface area contributed by atoms with Crippen LogP contribution in [0.4, 0.5) is 0 Å². The van der Waals surface area contributed by atoms with Crippen molar-refractivity contribution < 1.29 is 22.1 Å². The topological polar surface area (TPSA) is 82.6 Å². The number of carbonyl (C=O) groups excluding carboxylic acids is 1. The lowest BCUT2D eigenvalue weighted by Gasteiger charge is -2.17. The van der Waals surface area contributed by atoms with Crippen LogP contribution in [0, 0.1) is 5.92 Å². The van der Waals surface area contributed by atoms with Crippen molar-refractivity contribution in [2.45, 2.75) is 38.5 Å². The second-order valence-corrected chi connectivity index (χ2v) is 12.9. The summed E-state index contributed by atoms with van der Waals surface area (Å²) in [7, 11) is -3.65. The molecule has 1 aliphatic rings. The Labute approximate surface area is 227 Å². The molecule has 6 nitrogen and oxygen atoms in total. The number of esters is 1. The Balaban J connectivity index is 1.29. The number of thiazole rings is 1. The average molecular weight is 550 g/mol. The summed E-state index contributed by atoms with van der Waals surface area (Å²) in [5.74, 6) is -0.381. The van der Waals surface area contributed by atoms with E-state index in [0.717, 1.165) is 32.6 Å². The Kier molecular flexibility index (Phi) is 7.66. The molecule has 1 atom stereocenters. The summed E-state index contributed by atoms with van der Waals surface area (Å²) in [5.41, 5.74) is 6.77. The van der Waals surface area contributed by atoms with Crippen LogP contribution in [0.1, 0.15) is 53.8 Å². The number of hydrogen-bond donors (Lipinski definition) is 0. The predicted molar refractivity (Wildman–Crippen MR) is 151 cm³/mol. The average Bonchev–Trinajstić information content (AvgIpc) is 3.43. The van der Waals surface area contributed by atoms with E-state index in [1.165, 1.54) is 16.7 Å². The molecule has 1 heterocycles. The molecule has 1 aromatic heterocycles. The zero-order valence-corrected chi connectivity index (χ0v) is 23.3. The maximum atomic E-state index is 13.0. The zero-order chi connectivity index (χ0) is 26.9. The van der Waals surface area contributed by atoms with E-state index >= 15 is 0 Å². The third-order valence-corrected chi connectivity index (χ3v) is 8.54. The molecule has 0 N–H and O–H groups in total. The zero-order valence-electron chi connectivity index (χ0n) is 21.7. The smallest absolute Gasteiger partial charge is 0.306 e. The second-order valence-electron chi connectivity index (χ2n) is 10.2. The number of benzene rings is 3. The summed E-state index contributed by atoms with van der Waals surface area (Å²) in [5, 5.41) is 0.842. The number of rotatable bonds is 10. The third kappa shape index (κ3) is 5.98. The van der Waals surface area contributed by atoms with E-state index in [4.69, 9.17) is 13.9 Å². The van der Waals surface area contributed by atoms with Gasteiger partial charge in [0.15, 0.2) is 0 Å². The van der Waals surface area contributed by atoms with Crippen molar-refractivity contribution in [1.82, 2.24) is 4.98 Å². The summed E-state index contributed by atoms with van der Waals surface area (Å²) in [6.45, 7) is 4.42. The fraction of sp³-hybridized carbons (Fsp3) is 0.333. The first-order valence-corrected chi connectivity index (χ1v) is 15.4. The molecule has 0 aliphatic heterocycles. The highest BCUT2D eigenvalue weighted by atomic mass is 32.2. The number of ether oxygens (including phenoxy) is 1. The molecule has 0 fully saturated rings. The molecule has 0 amide bonds. The molecule has 4 aromatic rings. The van der Waals surface area contributed by atoms with Gasteiger partial charge in [-0.15, -0.1) is 11.3 Å². The van der Waals surface area contributed by atoms with E-state index in [0.29, 0.717) is 12.3 Å². The van der Waals surface area contributed by atoms with Gasteiger partial charge in [0.25, 0.3) is 10.1 Å². The summed E-state index contributed by atoms with van der Waals surface area (Å²) >= 11 is 1.57. The van der Waals surface area contributed by atoms with Crippen LogP contribution in [-0.4, -0.2) is 38.8 Å². The van der Waals surface area contributed by atoms with Crippen LogP contribution in [-0.2, 0) is 30.3 Å². The predicted octanol–water partition coefficient (Wildman–Crippen LogP) is 6.30. The van der Waals surface area contributed by atoms with Crippen LogP contribution in [0.15, 0.2) is 66.7 Å². The van der Waals surface area contributed by atoms with E-state index in [1.54, 1.807) is 11.3 Å². The Morgan fingerprint density at radius 3 is 2.29 bits per heavy atom.